The highest BCUT2D eigenvalue weighted by Crippen LogP contribution is 2.28. The molecule has 0 aromatic carbocycles. The van der Waals surface area contributed by atoms with Crippen molar-refractivity contribution in [2.45, 2.75) is 44.0 Å². The number of aliphatic hydroxyl groups excluding tert-OH is 4. The van der Waals surface area contributed by atoms with E-state index in [4.69, 9.17) is 9.84 Å². The van der Waals surface area contributed by atoms with Gasteiger partial charge in [0.15, 0.2) is 6.29 Å². The highest BCUT2D eigenvalue weighted by molar-refractivity contribution is 5.74. The summed E-state index contributed by atoms with van der Waals surface area (Å²) in [6.45, 7) is 2.03. The number of amides is 1. The number of rotatable bonds is 2. The molecule has 0 spiro atoms. The summed E-state index contributed by atoms with van der Waals surface area (Å²) in [4.78, 5) is 10.9. The number of hydrogen-bond donors (Lipinski definition) is 5. The van der Waals surface area contributed by atoms with Crippen molar-refractivity contribution in [3.8, 4) is 0 Å². The van der Waals surface area contributed by atoms with Crippen molar-refractivity contribution in [3.05, 3.63) is 0 Å². The van der Waals surface area contributed by atoms with Crippen LogP contribution in [-0.4, -0.2) is 63.1 Å². The van der Waals surface area contributed by atoms with Crippen molar-refractivity contribution in [1.29, 1.82) is 0 Å². The topological polar surface area (TPSA) is 119 Å². The van der Waals surface area contributed by atoms with Crippen LogP contribution in [-0.2, 0) is 9.53 Å². The molecule has 16 heavy (non-hydrogen) atoms. The van der Waals surface area contributed by atoms with Gasteiger partial charge in [-0.15, -0.1) is 0 Å². The second kappa shape index (κ2) is 4.64. The first kappa shape index (κ1) is 13.3. The van der Waals surface area contributed by atoms with Crippen LogP contribution in [0.3, 0.4) is 0 Å². The fourth-order valence-electron chi connectivity index (χ4n) is 1.76. The minimum absolute atomic E-state index is 0.473. The van der Waals surface area contributed by atoms with Gasteiger partial charge in [-0.05, 0) is 6.92 Å². The maximum atomic E-state index is 10.9. The first-order valence-corrected chi connectivity index (χ1v) is 4.92. The lowest BCUT2D eigenvalue weighted by Crippen LogP contribution is -2.71. The molecular weight excluding hydrogens is 218 g/mol. The van der Waals surface area contributed by atoms with E-state index in [0.29, 0.717) is 0 Å². The Bertz CT molecular complexity index is 273. The molecule has 0 radical (unpaired) electrons. The number of ether oxygens (including phenoxy) is 1. The lowest BCUT2D eigenvalue weighted by Gasteiger charge is -2.47. The van der Waals surface area contributed by atoms with Gasteiger partial charge >= 0.3 is 0 Å². The third-order valence-corrected chi connectivity index (χ3v) is 2.76. The number of carbonyl (C=O) groups excluding carboxylic acids is 1. The fraction of sp³-hybridized carbons (Fsp3) is 0.889. The highest BCUT2D eigenvalue weighted by atomic mass is 16.6. The van der Waals surface area contributed by atoms with Gasteiger partial charge in [0, 0.05) is 6.92 Å². The number of nitrogens with one attached hydrogen (secondary N) is 1. The van der Waals surface area contributed by atoms with Gasteiger partial charge in [-0.1, -0.05) is 0 Å². The molecule has 1 amide bonds. The van der Waals surface area contributed by atoms with E-state index >= 15 is 0 Å². The quantitative estimate of drug-likeness (QED) is 0.355. The molecule has 7 heteroatoms. The third-order valence-electron chi connectivity index (χ3n) is 2.76. The van der Waals surface area contributed by atoms with Crippen molar-refractivity contribution in [3.63, 3.8) is 0 Å². The van der Waals surface area contributed by atoms with Gasteiger partial charge in [0.2, 0.25) is 5.91 Å². The summed E-state index contributed by atoms with van der Waals surface area (Å²) >= 11 is 0. The van der Waals surface area contributed by atoms with E-state index in [0.717, 1.165) is 0 Å². The lowest BCUT2D eigenvalue weighted by molar-refractivity contribution is -0.279. The molecule has 1 unspecified atom stereocenters. The summed E-state index contributed by atoms with van der Waals surface area (Å²) in [5, 5.41) is 40.2. The Hall–Kier alpha value is -0.730. The van der Waals surface area contributed by atoms with Crippen LogP contribution >= 0.6 is 0 Å². The Kier molecular flexibility index (Phi) is 3.87. The zero-order valence-corrected chi connectivity index (χ0v) is 9.12. The van der Waals surface area contributed by atoms with E-state index in [1.807, 2.05) is 0 Å². The second-order valence-electron chi connectivity index (χ2n) is 4.11. The van der Waals surface area contributed by atoms with E-state index in [9.17, 15) is 20.1 Å². The monoisotopic (exact) mass is 235 g/mol. The second-order valence-corrected chi connectivity index (χ2v) is 4.11. The van der Waals surface area contributed by atoms with Gasteiger partial charge in [0.05, 0.1) is 6.61 Å². The lowest BCUT2D eigenvalue weighted by atomic mass is 9.85. The molecular formula is C9H17NO6. The van der Waals surface area contributed by atoms with Crippen molar-refractivity contribution in [2.24, 2.45) is 0 Å². The molecule has 0 aliphatic carbocycles. The van der Waals surface area contributed by atoms with Crippen LogP contribution in [0.4, 0.5) is 0 Å². The molecule has 0 aromatic rings. The van der Waals surface area contributed by atoms with Crippen LogP contribution in [0.25, 0.3) is 0 Å². The first-order chi connectivity index (χ1) is 7.32. The standard InChI is InChI=1S/C9H17NO6/c1-4(12)10-9(2)7(14)6(13)5(3-11)16-8(9)15/h5-8,11,13-15H,3H2,1-2H3,(H,10,12)/t5-,6-,7+,8?,9-/m1/s1. The van der Waals surface area contributed by atoms with Crippen molar-refractivity contribution in [1.82, 2.24) is 5.32 Å². The van der Waals surface area contributed by atoms with Gasteiger partial charge in [-0.2, -0.15) is 0 Å². The molecule has 1 aliphatic heterocycles. The molecule has 1 saturated heterocycles. The Labute approximate surface area is 92.7 Å². The summed E-state index contributed by atoms with van der Waals surface area (Å²) < 4.78 is 4.92. The van der Waals surface area contributed by atoms with Crippen LogP contribution in [0.2, 0.25) is 0 Å². The smallest absolute Gasteiger partial charge is 0.217 e. The molecule has 1 rings (SSSR count). The minimum Gasteiger partial charge on any atom is -0.394 e. The van der Waals surface area contributed by atoms with Crippen LogP contribution in [0.5, 0.6) is 0 Å². The molecule has 7 nitrogen and oxygen atoms in total. The molecule has 1 fully saturated rings. The van der Waals surface area contributed by atoms with Gasteiger partial charge in [0.25, 0.3) is 0 Å². The van der Waals surface area contributed by atoms with Crippen LogP contribution in [0.1, 0.15) is 13.8 Å². The van der Waals surface area contributed by atoms with E-state index in [-0.39, 0.29) is 0 Å². The average molecular weight is 235 g/mol. The van der Waals surface area contributed by atoms with Gasteiger partial charge < -0.3 is 30.5 Å². The van der Waals surface area contributed by atoms with Gasteiger partial charge in [-0.25, -0.2) is 0 Å². The molecule has 0 bridgehead atoms. The highest BCUT2D eigenvalue weighted by Gasteiger charge is 2.52. The van der Waals surface area contributed by atoms with Gasteiger partial charge in [0.1, 0.15) is 23.9 Å². The molecule has 5 atom stereocenters. The summed E-state index contributed by atoms with van der Waals surface area (Å²) in [6.07, 6.45) is -5.40. The van der Waals surface area contributed by atoms with Crippen LogP contribution < -0.4 is 5.32 Å². The molecule has 5 N–H and O–H groups in total. The summed E-state index contributed by atoms with van der Waals surface area (Å²) in [6, 6.07) is 0. The van der Waals surface area contributed by atoms with Crippen molar-refractivity contribution in [2.75, 3.05) is 6.61 Å². The summed E-state index contributed by atoms with van der Waals surface area (Å²) in [5.41, 5.74) is -1.50. The third kappa shape index (κ3) is 2.18. The molecule has 1 aliphatic rings. The Morgan fingerprint density at radius 3 is 2.44 bits per heavy atom. The average Bonchev–Trinajstić information content (AvgIpc) is 2.20. The largest absolute Gasteiger partial charge is 0.394 e. The predicted octanol–water partition coefficient (Wildman–Crippen LogP) is -2.69. The zero-order valence-electron chi connectivity index (χ0n) is 9.12. The summed E-state index contributed by atoms with van der Waals surface area (Å²) in [5.74, 6) is -0.473. The number of hydrogen-bond acceptors (Lipinski definition) is 6. The Morgan fingerprint density at radius 2 is 2.00 bits per heavy atom. The molecule has 0 aromatic heterocycles. The molecule has 0 saturated carbocycles. The number of carbonyl (C=O) groups is 1. The van der Waals surface area contributed by atoms with E-state index in [1.165, 1.54) is 13.8 Å². The van der Waals surface area contributed by atoms with E-state index < -0.39 is 42.7 Å². The predicted molar refractivity (Wildman–Crippen MR) is 52.2 cm³/mol. The number of aliphatic hydroxyl groups is 4. The van der Waals surface area contributed by atoms with E-state index in [1.54, 1.807) is 0 Å². The van der Waals surface area contributed by atoms with E-state index in [2.05, 4.69) is 5.32 Å². The van der Waals surface area contributed by atoms with Crippen LogP contribution in [0.15, 0.2) is 0 Å². The van der Waals surface area contributed by atoms with Crippen molar-refractivity contribution < 1.29 is 30.0 Å². The summed E-state index contributed by atoms with van der Waals surface area (Å²) in [7, 11) is 0. The first-order valence-electron chi connectivity index (χ1n) is 4.92. The maximum Gasteiger partial charge on any atom is 0.217 e. The maximum absolute atomic E-state index is 10.9. The molecule has 94 valence electrons. The Morgan fingerprint density at radius 1 is 1.44 bits per heavy atom. The zero-order chi connectivity index (χ0) is 12.5. The SMILES string of the molecule is CC(=O)N[C@@]1(C)C(O)O[C@H](CO)[C@@H](O)[C@@H]1O. The van der Waals surface area contributed by atoms with Crippen LogP contribution in [0, 0.1) is 0 Å². The minimum atomic E-state index is -1.51. The fourth-order valence-corrected chi connectivity index (χ4v) is 1.76. The molecule has 1 heterocycles. The normalized spacial score (nSPS) is 44.1. The Balaban J connectivity index is 2.90. The van der Waals surface area contributed by atoms with Gasteiger partial charge in [-0.3, -0.25) is 4.79 Å². The van der Waals surface area contributed by atoms with Crippen molar-refractivity contribution >= 4 is 5.91 Å².